The van der Waals surface area contributed by atoms with Crippen LogP contribution in [0.15, 0.2) is 0 Å². The van der Waals surface area contributed by atoms with Gasteiger partial charge in [-0.05, 0) is 38.8 Å². The van der Waals surface area contributed by atoms with Crippen LogP contribution in [0.1, 0.15) is 25.7 Å². The van der Waals surface area contributed by atoms with E-state index in [0.29, 0.717) is 24.0 Å². The standard InChI is InChI=1S/C12H20N2O2/c15-12(9-1-2-9)14-7-11(8-14)16-10-3-5-13-6-4-10/h9-11,13H,1-8H2. The van der Waals surface area contributed by atoms with Gasteiger partial charge >= 0.3 is 0 Å². The second-order valence-corrected chi connectivity index (χ2v) is 5.22. The summed E-state index contributed by atoms with van der Waals surface area (Å²) in [6, 6.07) is 0. The molecule has 4 nitrogen and oxygen atoms in total. The fourth-order valence-electron chi connectivity index (χ4n) is 2.50. The lowest BCUT2D eigenvalue weighted by molar-refractivity contribution is -0.152. The van der Waals surface area contributed by atoms with Gasteiger partial charge in [-0.1, -0.05) is 0 Å². The van der Waals surface area contributed by atoms with Crippen molar-refractivity contribution in [1.29, 1.82) is 0 Å². The van der Waals surface area contributed by atoms with Gasteiger partial charge in [-0.2, -0.15) is 0 Å². The van der Waals surface area contributed by atoms with E-state index in [1.165, 1.54) is 0 Å². The molecule has 1 N–H and O–H groups in total. The second kappa shape index (κ2) is 4.34. The molecule has 0 aromatic rings. The van der Waals surface area contributed by atoms with Crippen LogP contribution in [0.3, 0.4) is 0 Å². The Morgan fingerprint density at radius 2 is 1.75 bits per heavy atom. The first-order valence-electron chi connectivity index (χ1n) is 6.48. The average Bonchev–Trinajstić information content (AvgIpc) is 3.07. The summed E-state index contributed by atoms with van der Waals surface area (Å²) in [6.45, 7) is 3.81. The smallest absolute Gasteiger partial charge is 0.225 e. The van der Waals surface area contributed by atoms with Crippen LogP contribution in [0.25, 0.3) is 0 Å². The van der Waals surface area contributed by atoms with Gasteiger partial charge in [0, 0.05) is 19.0 Å². The van der Waals surface area contributed by atoms with E-state index in [0.717, 1.165) is 51.9 Å². The Hall–Kier alpha value is -0.610. The Balaban J connectivity index is 1.38. The van der Waals surface area contributed by atoms with E-state index >= 15 is 0 Å². The van der Waals surface area contributed by atoms with Gasteiger partial charge < -0.3 is 15.0 Å². The number of likely N-dealkylation sites (tertiary alicyclic amines) is 1. The third-order valence-electron chi connectivity index (χ3n) is 3.76. The summed E-state index contributed by atoms with van der Waals surface area (Å²) < 4.78 is 5.97. The van der Waals surface area contributed by atoms with Crippen molar-refractivity contribution < 1.29 is 9.53 Å². The van der Waals surface area contributed by atoms with Crippen LogP contribution in [0, 0.1) is 5.92 Å². The van der Waals surface area contributed by atoms with Crippen LogP contribution < -0.4 is 5.32 Å². The number of hydrogen-bond acceptors (Lipinski definition) is 3. The highest BCUT2D eigenvalue weighted by Gasteiger charge is 2.40. The van der Waals surface area contributed by atoms with Crippen molar-refractivity contribution in [3.63, 3.8) is 0 Å². The first-order valence-corrected chi connectivity index (χ1v) is 6.48. The molecule has 1 aliphatic carbocycles. The van der Waals surface area contributed by atoms with Crippen molar-refractivity contribution in [2.45, 2.75) is 37.9 Å². The number of nitrogens with zero attached hydrogens (tertiary/aromatic N) is 1. The Morgan fingerprint density at radius 1 is 1.06 bits per heavy atom. The molecule has 0 bridgehead atoms. The summed E-state index contributed by atoms with van der Waals surface area (Å²) in [7, 11) is 0. The number of nitrogens with one attached hydrogen (secondary N) is 1. The van der Waals surface area contributed by atoms with Crippen molar-refractivity contribution in [3.05, 3.63) is 0 Å². The van der Waals surface area contributed by atoms with Crippen molar-refractivity contribution in [2.24, 2.45) is 5.92 Å². The van der Waals surface area contributed by atoms with Gasteiger partial charge in [-0.25, -0.2) is 0 Å². The summed E-state index contributed by atoms with van der Waals surface area (Å²) in [5, 5.41) is 3.33. The number of carbonyl (C=O) groups excluding carboxylic acids is 1. The van der Waals surface area contributed by atoms with E-state index in [9.17, 15) is 4.79 Å². The van der Waals surface area contributed by atoms with Gasteiger partial charge in [0.2, 0.25) is 5.91 Å². The number of piperidine rings is 1. The molecule has 3 aliphatic rings. The molecule has 0 radical (unpaired) electrons. The lowest BCUT2D eigenvalue weighted by Gasteiger charge is -2.41. The van der Waals surface area contributed by atoms with Gasteiger partial charge in [-0.3, -0.25) is 4.79 Å². The van der Waals surface area contributed by atoms with Crippen LogP contribution >= 0.6 is 0 Å². The Morgan fingerprint density at radius 3 is 2.38 bits per heavy atom. The maximum atomic E-state index is 11.7. The molecule has 3 fully saturated rings. The Labute approximate surface area is 96.3 Å². The van der Waals surface area contributed by atoms with E-state index in [-0.39, 0.29) is 0 Å². The zero-order chi connectivity index (χ0) is 11.0. The normalized spacial score (nSPS) is 27.9. The van der Waals surface area contributed by atoms with Crippen molar-refractivity contribution >= 4 is 5.91 Å². The second-order valence-electron chi connectivity index (χ2n) is 5.22. The van der Waals surface area contributed by atoms with Crippen LogP contribution in [0.2, 0.25) is 0 Å². The largest absolute Gasteiger partial charge is 0.371 e. The highest BCUT2D eigenvalue weighted by atomic mass is 16.5. The van der Waals surface area contributed by atoms with E-state index in [2.05, 4.69) is 5.32 Å². The van der Waals surface area contributed by atoms with Crippen molar-refractivity contribution in [2.75, 3.05) is 26.2 Å². The summed E-state index contributed by atoms with van der Waals surface area (Å²) in [5.74, 6) is 0.727. The quantitative estimate of drug-likeness (QED) is 0.753. The summed E-state index contributed by atoms with van der Waals surface area (Å²) >= 11 is 0. The lowest BCUT2D eigenvalue weighted by Crippen LogP contribution is -2.56. The molecule has 0 aromatic heterocycles. The fourth-order valence-corrected chi connectivity index (χ4v) is 2.50. The summed E-state index contributed by atoms with van der Waals surface area (Å²) in [6.07, 6.45) is 5.18. The van der Waals surface area contributed by atoms with E-state index in [1.807, 2.05) is 4.90 Å². The molecule has 1 amide bonds. The van der Waals surface area contributed by atoms with Gasteiger partial charge in [0.1, 0.15) is 0 Å². The molecule has 3 rings (SSSR count). The highest BCUT2D eigenvalue weighted by molar-refractivity contribution is 5.81. The van der Waals surface area contributed by atoms with Crippen molar-refractivity contribution in [1.82, 2.24) is 10.2 Å². The molecule has 0 atom stereocenters. The molecular weight excluding hydrogens is 204 g/mol. The predicted octanol–water partition coefficient (Wildman–Crippen LogP) is 0.376. The molecule has 4 heteroatoms. The van der Waals surface area contributed by atoms with Crippen LogP contribution in [0.4, 0.5) is 0 Å². The minimum Gasteiger partial charge on any atom is -0.371 e. The predicted molar refractivity (Wildman–Crippen MR) is 60.1 cm³/mol. The molecule has 0 aromatic carbocycles. The van der Waals surface area contributed by atoms with Gasteiger partial charge in [0.15, 0.2) is 0 Å². The number of rotatable bonds is 3. The lowest BCUT2D eigenvalue weighted by atomic mass is 10.1. The molecule has 90 valence electrons. The number of carbonyl (C=O) groups is 1. The third kappa shape index (κ3) is 2.23. The van der Waals surface area contributed by atoms with E-state index in [4.69, 9.17) is 4.74 Å². The SMILES string of the molecule is O=C(C1CC1)N1CC(OC2CCNCC2)C1. The summed E-state index contributed by atoms with van der Waals surface area (Å²) in [4.78, 5) is 13.6. The van der Waals surface area contributed by atoms with Crippen LogP contribution in [-0.4, -0.2) is 49.2 Å². The Bertz CT molecular complexity index is 266. The molecule has 1 saturated carbocycles. The summed E-state index contributed by atoms with van der Waals surface area (Å²) in [5.41, 5.74) is 0. The zero-order valence-corrected chi connectivity index (χ0v) is 9.65. The average molecular weight is 224 g/mol. The maximum Gasteiger partial charge on any atom is 0.225 e. The van der Waals surface area contributed by atoms with Gasteiger partial charge in [0.05, 0.1) is 12.2 Å². The first kappa shape index (κ1) is 10.5. The van der Waals surface area contributed by atoms with Crippen LogP contribution in [-0.2, 0) is 9.53 Å². The number of hydrogen-bond donors (Lipinski definition) is 1. The molecule has 2 heterocycles. The molecule has 2 saturated heterocycles. The molecule has 16 heavy (non-hydrogen) atoms. The number of amides is 1. The number of ether oxygens (including phenoxy) is 1. The zero-order valence-electron chi connectivity index (χ0n) is 9.65. The molecule has 0 unspecified atom stereocenters. The molecular formula is C12H20N2O2. The fraction of sp³-hybridized carbons (Fsp3) is 0.917. The minimum atomic E-state index is 0.311. The van der Waals surface area contributed by atoms with E-state index < -0.39 is 0 Å². The first-order chi connectivity index (χ1) is 7.83. The van der Waals surface area contributed by atoms with Crippen molar-refractivity contribution in [3.8, 4) is 0 Å². The highest BCUT2D eigenvalue weighted by Crippen LogP contribution is 2.33. The van der Waals surface area contributed by atoms with Gasteiger partial charge in [0.25, 0.3) is 0 Å². The molecule has 2 aliphatic heterocycles. The van der Waals surface area contributed by atoms with E-state index in [1.54, 1.807) is 0 Å². The molecule has 0 spiro atoms. The maximum absolute atomic E-state index is 11.7. The minimum absolute atomic E-state index is 0.311. The third-order valence-corrected chi connectivity index (χ3v) is 3.76. The van der Waals surface area contributed by atoms with Crippen LogP contribution in [0.5, 0.6) is 0 Å². The Kier molecular flexibility index (Phi) is 2.86. The van der Waals surface area contributed by atoms with Gasteiger partial charge in [-0.15, -0.1) is 0 Å². The monoisotopic (exact) mass is 224 g/mol. The topological polar surface area (TPSA) is 41.6 Å².